The summed E-state index contributed by atoms with van der Waals surface area (Å²) in [5.41, 5.74) is 5.42. The average molecular weight is 421 g/mol. The SMILES string of the molecule is COC(=CCO)c1ccc2c(c1)CCC1CC3(CCC21Cc1ccccc1)OCCO3. The maximum Gasteiger partial charge on any atom is 0.168 e. The molecule has 1 saturated heterocycles. The van der Waals surface area contributed by atoms with Crippen LogP contribution in [0.2, 0.25) is 0 Å². The summed E-state index contributed by atoms with van der Waals surface area (Å²) in [6.45, 7) is 1.41. The van der Waals surface area contributed by atoms with Crippen molar-refractivity contribution in [3.05, 3.63) is 76.9 Å². The normalized spacial score (nSPS) is 27.0. The summed E-state index contributed by atoms with van der Waals surface area (Å²) in [6.07, 6.45) is 7.97. The Morgan fingerprint density at radius 1 is 1.13 bits per heavy atom. The lowest BCUT2D eigenvalue weighted by Crippen LogP contribution is -2.51. The number of aliphatic hydroxyl groups is 1. The van der Waals surface area contributed by atoms with Gasteiger partial charge in [-0.25, -0.2) is 0 Å². The lowest BCUT2D eigenvalue weighted by atomic mass is 9.54. The number of aryl methyl sites for hydroxylation is 1. The maximum absolute atomic E-state index is 9.35. The third kappa shape index (κ3) is 3.71. The lowest BCUT2D eigenvalue weighted by Gasteiger charge is -2.53. The van der Waals surface area contributed by atoms with Gasteiger partial charge in [0.1, 0.15) is 5.76 Å². The number of benzene rings is 2. The molecule has 1 aliphatic heterocycles. The fourth-order valence-electron chi connectivity index (χ4n) is 6.24. The highest BCUT2D eigenvalue weighted by Crippen LogP contribution is 2.56. The third-order valence-corrected chi connectivity index (χ3v) is 7.65. The first-order chi connectivity index (χ1) is 15.2. The number of hydrogen-bond acceptors (Lipinski definition) is 4. The van der Waals surface area contributed by atoms with Crippen LogP contribution < -0.4 is 0 Å². The molecule has 1 spiro atoms. The minimum absolute atomic E-state index is 0.0254. The number of rotatable bonds is 5. The van der Waals surface area contributed by atoms with E-state index in [-0.39, 0.29) is 17.8 Å². The molecule has 1 heterocycles. The zero-order chi connectivity index (χ0) is 21.3. The van der Waals surface area contributed by atoms with Crippen molar-refractivity contribution in [3.8, 4) is 0 Å². The Kier molecular flexibility index (Phi) is 5.63. The van der Waals surface area contributed by atoms with Crippen molar-refractivity contribution < 1.29 is 19.3 Å². The molecular formula is C27H32O4. The first kappa shape index (κ1) is 20.7. The van der Waals surface area contributed by atoms with E-state index in [1.165, 1.54) is 16.7 Å². The van der Waals surface area contributed by atoms with E-state index in [9.17, 15) is 5.11 Å². The summed E-state index contributed by atoms with van der Waals surface area (Å²) in [7, 11) is 1.66. The minimum atomic E-state index is -0.366. The van der Waals surface area contributed by atoms with E-state index < -0.39 is 0 Å². The van der Waals surface area contributed by atoms with Gasteiger partial charge in [0, 0.05) is 23.8 Å². The molecule has 2 unspecified atom stereocenters. The topological polar surface area (TPSA) is 47.9 Å². The van der Waals surface area contributed by atoms with Gasteiger partial charge in [0.05, 0.1) is 26.9 Å². The highest BCUT2D eigenvalue weighted by molar-refractivity contribution is 5.62. The summed E-state index contributed by atoms with van der Waals surface area (Å²) in [5, 5.41) is 9.35. The quantitative estimate of drug-likeness (QED) is 0.716. The monoisotopic (exact) mass is 420 g/mol. The van der Waals surface area contributed by atoms with E-state index in [1.54, 1.807) is 13.2 Å². The number of fused-ring (bicyclic) bond motifs is 3. The van der Waals surface area contributed by atoms with Gasteiger partial charge in [0.25, 0.3) is 0 Å². The molecule has 1 saturated carbocycles. The second-order valence-corrected chi connectivity index (χ2v) is 9.19. The van der Waals surface area contributed by atoms with Gasteiger partial charge in [-0.1, -0.05) is 42.5 Å². The van der Waals surface area contributed by atoms with E-state index in [4.69, 9.17) is 14.2 Å². The molecule has 2 aliphatic carbocycles. The molecule has 2 fully saturated rings. The summed E-state index contributed by atoms with van der Waals surface area (Å²) in [5.74, 6) is 0.905. The van der Waals surface area contributed by atoms with E-state index >= 15 is 0 Å². The van der Waals surface area contributed by atoms with Gasteiger partial charge in [-0.3, -0.25) is 0 Å². The van der Waals surface area contributed by atoms with Crippen molar-refractivity contribution in [2.24, 2.45) is 5.92 Å². The van der Waals surface area contributed by atoms with Gasteiger partial charge in [-0.15, -0.1) is 0 Å². The Labute approximate surface area is 184 Å². The summed E-state index contributed by atoms with van der Waals surface area (Å²) in [6, 6.07) is 17.6. The number of hydrogen-bond donors (Lipinski definition) is 1. The van der Waals surface area contributed by atoms with Crippen LogP contribution in [0.1, 0.15) is 47.9 Å². The largest absolute Gasteiger partial charge is 0.496 e. The predicted octanol–water partition coefficient (Wildman–Crippen LogP) is 4.64. The van der Waals surface area contributed by atoms with Crippen LogP contribution in [-0.2, 0) is 32.5 Å². The average Bonchev–Trinajstić information content (AvgIpc) is 3.26. The third-order valence-electron chi connectivity index (χ3n) is 7.65. The van der Waals surface area contributed by atoms with Gasteiger partial charge < -0.3 is 19.3 Å². The van der Waals surface area contributed by atoms with Crippen LogP contribution in [0.25, 0.3) is 5.76 Å². The Hall–Kier alpha value is -2.14. The second-order valence-electron chi connectivity index (χ2n) is 9.19. The standard InChI is InChI=1S/C27H32O4/c1-29-25(11-14-28)22-8-10-24-21(17-22)7-9-23-19-27(30-15-16-31-27)13-12-26(23,24)18-20-5-3-2-4-6-20/h2-6,8,10-11,17,23,28H,7,9,12-16,18-19H2,1H3. The molecule has 0 aromatic heterocycles. The zero-order valence-electron chi connectivity index (χ0n) is 18.3. The molecule has 5 rings (SSSR count). The summed E-state index contributed by atoms with van der Waals surface area (Å²) < 4.78 is 17.8. The van der Waals surface area contributed by atoms with Crippen LogP contribution in [0.4, 0.5) is 0 Å². The first-order valence-electron chi connectivity index (χ1n) is 11.5. The highest BCUT2D eigenvalue weighted by atomic mass is 16.7. The molecule has 0 bridgehead atoms. The molecule has 2 aromatic rings. The van der Waals surface area contributed by atoms with Crippen molar-refractivity contribution in [2.45, 2.75) is 49.7 Å². The van der Waals surface area contributed by atoms with Crippen LogP contribution in [0.3, 0.4) is 0 Å². The molecule has 3 aliphatic rings. The van der Waals surface area contributed by atoms with Crippen molar-refractivity contribution in [1.82, 2.24) is 0 Å². The Bertz CT molecular complexity index is 945. The van der Waals surface area contributed by atoms with E-state index in [2.05, 4.69) is 48.5 Å². The molecule has 2 aromatic carbocycles. The number of aliphatic hydroxyl groups excluding tert-OH is 1. The van der Waals surface area contributed by atoms with Crippen molar-refractivity contribution in [3.63, 3.8) is 0 Å². The van der Waals surface area contributed by atoms with Crippen LogP contribution >= 0.6 is 0 Å². The fraction of sp³-hybridized carbons (Fsp3) is 0.481. The van der Waals surface area contributed by atoms with Gasteiger partial charge in [-0.2, -0.15) is 0 Å². The van der Waals surface area contributed by atoms with E-state index in [0.29, 0.717) is 5.92 Å². The Morgan fingerprint density at radius 2 is 1.94 bits per heavy atom. The Balaban J connectivity index is 1.56. The molecule has 0 radical (unpaired) electrons. The molecule has 4 heteroatoms. The maximum atomic E-state index is 9.35. The van der Waals surface area contributed by atoms with Crippen molar-refractivity contribution >= 4 is 5.76 Å². The highest BCUT2D eigenvalue weighted by Gasteiger charge is 2.54. The molecule has 0 amide bonds. The minimum Gasteiger partial charge on any atom is -0.496 e. The molecule has 2 atom stereocenters. The number of ether oxygens (including phenoxy) is 3. The smallest absolute Gasteiger partial charge is 0.168 e. The van der Waals surface area contributed by atoms with Crippen LogP contribution in [0.5, 0.6) is 0 Å². The van der Waals surface area contributed by atoms with E-state index in [1.807, 2.05) is 0 Å². The van der Waals surface area contributed by atoms with Crippen LogP contribution in [-0.4, -0.2) is 37.8 Å². The van der Waals surface area contributed by atoms with Crippen molar-refractivity contribution in [2.75, 3.05) is 26.9 Å². The van der Waals surface area contributed by atoms with Gasteiger partial charge in [0.15, 0.2) is 5.79 Å². The molecule has 4 nitrogen and oxygen atoms in total. The van der Waals surface area contributed by atoms with Gasteiger partial charge in [0.2, 0.25) is 0 Å². The van der Waals surface area contributed by atoms with Gasteiger partial charge >= 0.3 is 0 Å². The number of methoxy groups -OCH3 is 1. The molecule has 164 valence electrons. The Morgan fingerprint density at radius 3 is 2.68 bits per heavy atom. The predicted molar refractivity (Wildman–Crippen MR) is 121 cm³/mol. The van der Waals surface area contributed by atoms with Crippen molar-refractivity contribution in [1.29, 1.82) is 0 Å². The van der Waals surface area contributed by atoms with E-state index in [0.717, 1.165) is 63.1 Å². The second kappa shape index (κ2) is 8.42. The van der Waals surface area contributed by atoms with Crippen LogP contribution in [0, 0.1) is 5.92 Å². The van der Waals surface area contributed by atoms with Gasteiger partial charge in [-0.05, 0) is 60.4 Å². The zero-order valence-corrected chi connectivity index (χ0v) is 18.3. The summed E-state index contributed by atoms with van der Waals surface area (Å²) in [4.78, 5) is 0. The lowest BCUT2D eigenvalue weighted by molar-refractivity contribution is -0.200. The molecule has 31 heavy (non-hydrogen) atoms. The molecular weight excluding hydrogens is 388 g/mol. The first-order valence-corrected chi connectivity index (χ1v) is 11.5. The van der Waals surface area contributed by atoms with Crippen LogP contribution in [0.15, 0.2) is 54.6 Å². The fourth-order valence-corrected chi connectivity index (χ4v) is 6.24. The molecule has 1 N–H and O–H groups in total. The summed E-state index contributed by atoms with van der Waals surface area (Å²) >= 11 is 0.